The van der Waals surface area contributed by atoms with Crippen LogP contribution in [0.5, 0.6) is 0 Å². The van der Waals surface area contributed by atoms with Crippen LogP contribution in [0.3, 0.4) is 0 Å². The Balaban J connectivity index is 1.82. The molecule has 2 aromatic rings. The van der Waals surface area contributed by atoms with Gasteiger partial charge >= 0.3 is 0 Å². The topological polar surface area (TPSA) is 37.9 Å². The average Bonchev–Trinajstić information content (AvgIpc) is 2.90. The van der Waals surface area contributed by atoms with Gasteiger partial charge in [0.25, 0.3) is 0 Å². The SMILES string of the molecule is Brc1ccc(-c2ncc(C3CCOCC3)[nH]2)cc1. The molecule has 0 radical (unpaired) electrons. The van der Waals surface area contributed by atoms with Crippen LogP contribution in [0.1, 0.15) is 24.5 Å². The van der Waals surface area contributed by atoms with Crippen LogP contribution in [0, 0.1) is 0 Å². The number of nitrogens with zero attached hydrogens (tertiary/aromatic N) is 1. The van der Waals surface area contributed by atoms with Crippen molar-refractivity contribution in [1.82, 2.24) is 9.97 Å². The van der Waals surface area contributed by atoms with Crippen molar-refractivity contribution in [3.05, 3.63) is 40.6 Å². The normalized spacial score (nSPS) is 16.9. The Morgan fingerprint density at radius 3 is 2.61 bits per heavy atom. The molecule has 3 rings (SSSR count). The highest BCUT2D eigenvalue weighted by Crippen LogP contribution is 2.27. The molecule has 0 atom stereocenters. The van der Waals surface area contributed by atoms with E-state index in [0.717, 1.165) is 41.9 Å². The van der Waals surface area contributed by atoms with Gasteiger partial charge in [-0.05, 0) is 25.0 Å². The quantitative estimate of drug-likeness (QED) is 0.918. The highest BCUT2D eigenvalue weighted by atomic mass is 79.9. The molecule has 1 aliphatic rings. The third-order valence-corrected chi connectivity index (χ3v) is 3.90. The minimum Gasteiger partial charge on any atom is -0.381 e. The van der Waals surface area contributed by atoms with Gasteiger partial charge in [0.2, 0.25) is 0 Å². The van der Waals surface area contributed by atoms with Gasteiger partial charge in [0.05, 0.1) is 0 Å². The molecule has 1 saturated heterocycles. The molecule has 1 fully saturated rings. The first-order chi connectivity index (χ1) is 8.83. The fourth-order valence-corrected chi connectivity index (χ4v) is 2.57. The van der Waals surface area contributed by atoms with Crippen LogP contribution in [-0.2, 0) is 4.74 Å². The minimum absolute atomic E-state index is 0.565. The predicted octanol–water partition coefficient (Wildman–Crippen LogP) is 3.73. The number of ether oxygens (including phenoxy) is 1. The van der Waals surface area contributed by atoms with E-state index in [1.165, 1.54) is 5.69 Å². The fourth-order valence-electron chi connectivity index (χ4n) is 2.31. The highest BCUT2D eigenvalue weighted by Gasteiger charge is 2.18. The van der Waals surface area contributed by atoms with Gasteiger partial charge in [-0.25, -0.2) is 4.98 Å². The van der Waals surface area contributed by atoms with Gasteiger partial charge in [-0.1, -0.05) is 28.1 Å². The number of rotatable bonds is 2. The Hall–Kier alpha value is -1.13. The van der Waals surface area contributed by atoms with E-state index in [1.807, 2.05) is 18.3 Å². The summed E-state index contributed by atoms with van der Waals surface area (Å²) in [6, 6.07) is 8.20. The molecule has 3 nitrogen and oxygen atoms in total. The fraction of sp³-hybridized carbons (Fsp3) is 0.357. The number of aromatic nitrogens is 2. The maximum Gasteiger partial charge on any atom is 0.137 e. The number of aromatic amines is 1. The van der Waals surface area contributed by atoms with E-state index in [2.05, 4.69) is 38.0 Å². The molecule has 0 saturated carbocycles. The number of H-pyrrole nitrogens is 1. The second-order valence-electron chi connectivity index (χ2n) is 4.58. The predicted molar refractivity (Wildman–Crippen MR) is 74.5 cm³/mol. The van der Waals surface area contributed by atoms with Gasteiger partial charge in [0, 0.05) is 41.1 Å². The molecule has 2 heterocycles. The molecular weight excluding hydrogens is 292 g/mol. The molecule has 94 valence electrons. The van der Waals surface area contributed by atoms with E-state index in [-0.39, 0.29) is 0 Å². The minimum atomic E-state index is 0.565. The van der Waals surface area contributed by atoms with Crippen LogP contribution in [0.4, 0.5) is 0 Å². The first kappa shape index (κ1) is 11.9. The van der Waals surface area contributed by atoms with Crippen molar-refractivity contribution in [1.29, 1.82) is 0 Å². The summed E-state index contributed by atoms with van der Waals surface area (Å²) in [4.78, 5) is 7.92. The second-order valence-corrected chi connectivity index (χ2v) is 5.50. The highest BCUT2D eigenvalue weighted by molar-refractivity contribution is 9.10. The van der Waals surface area contributed by atoms with E-state index in [1.54, 1.807) is 0 Å². The molecule has 4 heteroatoms. The standard InChI is InChI=1S/C14H15BrN2O/c15-12-3-1-11(2-4-12)14-16-9-13(17-14)10-5-7-18-8-6-10/h1-4,9-10H,5-8H2,(H,16,17). The van der Waals surface area contributed by atoms with Gasteiger partial charge in [0.1, 0.15) is 5.82 Å². The molecular formula is C14H15BrN2O. The molecule has 1 aliphatic heterocycles. The van der Waals surface area contributed by atoms with Gasteiger partial charge in [-0.2, -0.15) is 0 Å². The van der Waals surface area contributed by atoms with Crippen molar-refractivity contribution >= 4 is 15.9 Å². The van der Waals surface area contributed by atoms with Crippen LogP contribution in [-0.4, -0.2) is 23.2 Å². The summed E-state index contributed by atoms with van der Waals surface area (Å²) in [6.45, 7) is 1.72. The average molecular weight is 307 g/mol. The van der Waals surface area contributed by atoms with Crippen molar-refractivity contribution in [2.75, 3.05) is 13.2 Å². The van der Waals surface area contributed by atoms with E-state index >= 15 is 0 Å². The van der Waals surface area contributed by atoms with Gasteiger partial charge in [-0.15, -0.1) is 0 Å². The second kappa shape index (κ2) is 5.24. The summed E-state index contributed by atoms with van der Waals surface area (Å²) in [5.74, 6) is 1.51. The van der Waals surface area contributed by atoms with Gasteiger partial charge in [-0.3, -0.25) is 0 Å². The summed E-state index contributed by atoms with van der Waals surface area (Å²) in [5, 5.41) is 0. The Labute approximate surface area is 115 Å². The molecule has 1 aromatic heterocycles. The Bertz CT molecular complexity index is 515. The summed E-state index contributed by atoms with van der Waals surface area (Å²) >= 11 is 3.44. The largest absolute Gasteiger partial charge is 0.381 e. The van der Waals surface area contributed by atoms with Gasteiger partial charge < -0.3 is 9.72 Å². The molecule has 0 spiro atoms. The number of halogens is 1. The molecule has 0 aliphatic carbocycles. The molecule has 0 bridgehead atoms. The Kier molecular flexibility index (Phi) is 3.48. The zero-order chi connectivity index (χ0) is 12.4. The molecule has 1 N–H and O–H groups in total. The van der Waals surface area contributed by atoms with Crippen molar-refractivity contribution in [2.45, 2.75) is 18.8 Å². The first-order valence-corrected chi connectivity index (χ1v) is 7.01. The molecule has 1 aromatic carbocycles. The maximum atomic E-state index is 5.39. The lowest BCUT2D eigenvalue weighted by atomic mass is 9.97. The zero-order valence-corrected chi connectivity index (χ0v) is 11.6. The summed E-state index contributed by atoms with van der Waals surface area (Å²) in [6.07, 6.45) is 4.14. The third-order valence-electron chi connectivity index (χ3n) is 3.37. The third kappa shape index (κ3) is 2.49. The molecule has 18 heavy (non-hydrogen) atoms. The Morgan fingerprint density at radius 1 is 1.17 bits per heavy atom. The first-order valence-electron chi connectivity index (χ1n) is 6.21. The van der Waals surface area contributed by atoms with E-state index in [9.17, 15) is 0 Å². The van der Waals surface area contributed by atoms with Crippen LogP contribution >= 0.6 is 15.9 Å². The van der Waals surface area contributed by atoms with E-state index < -0.39 is 0 Å². The molecule has 0 amide bonds. The number of hydrogen-bond donors (Lipinski definition) is 1. The van der Waals surface area contributed by atoms with Crippen molar-refractivity contribution in [3.63, 3.8) is 0 Å². The number of hydrogen-bond acceptors (Lipinski definition) is 2. The lowest BCUT2D eigenvalue weighted by Gasteiger charge is -2.20. The zero-order valence-electron chi connectivity index (χ0n) is 10.0. The number of benzene rings is 1. The van der Waals surface area contributed by atoms with Crippen molar-refractivity contribution in [2.24, 2.45) is 0 Å². The van der Waals surface area contributed by atoms with Crippen molar-refractivity contribution < 1.29 is 4.74 Å². The van der Waals surface area contributed by atoms with Crippen LogP contribution < -0.4 is 0 Å². The van der Waals surface area contributed by atoms with Crippen LogP contribution in [0.2, 0.25) is 0 Å². The monoisotopic (exact) mass is 306 g/mol. The maximum absolute atomic E-state index is 5.39. The van der Waals surface area contributed by atoms with Crippen LogP contribution in [0.25, 0.3) is 11.4 Å². The summed E-state index contributed by atoms with van der Waals surface area (Å²) < 4.78 is 6.47. The Morgan fingerprint density at radius 2 is 1.89 bits per heavy atom. The summed E-state index contributed by atoms with van der Waals surface area (Å²) in [7, 11) is 0. The van der Waals surface area contributed by atoms with E-state index in [4.69, 9.17) is 4.74 Å². The number of imidazole rings is 1. The van der Waals surface area contributed by atoms with Gasteiger partial charge in [0.15, 0.2) is 0 Å². The van der Waals surface area contributed by atoms with E-state index in [0.29, 0.717) is 5.92 Å². The van der Waals surface area contributed by atoms with Crippen LogP contribution in [0.15, 0.2) is 34.9 Å². The number of nitrogens with one attached hydrogen (secondary N) is 1. The molecule has 0 unspecified atom stereocenters. The smallest absolute Gasteiger partial charge is 0.137 e. The van der Waals surface area contributed by atoms with Crippen molar-refractivity contribution in [3.8, 4) is 11.4 Å². The summed E-state index contributed by atoms with van der Waals surface area (Å²) in [5.41, 5.74) is 2.35. The lowest BCUT2D eigenvalue weighted by molar-refractivity contribution is 0.0846. The lowest BCUT2D eigenvalue weighted by Crippen LogP contribution is -2.14.